The molecule has 1 heterocycles. The first kappa shape index (κ1) is 17.2. The van der Waals surface area contributed by atoms with E-state index in [2.05, 4.69) is 32.9 Å². The van der Waals surface area contributed by atoms with Crippen LogP contribution in [0.25, 0.3) is 5.57 Å². The van der Waals surface area contributed by atoms with Crippen LogP contribution in [0.5, 0.6) is 0 Å². The van der Waals surface area contributed by atoms with Crippen LogP contribution in [-0.2, 0) is 22.4 Å². The first-order valence-electron chi connectivity index (χ1n) is 9.24. The number of Topliss-reactive ketones (excluding diaryl/α,β-unsaturated/α-hetero) is 1. The molecule has 0 spiro atoms. The van der Waals surface area contributed by atoms with Gasteiger partial charge in [-0.1, -0.05) is 31.5 Å². The van der Waals surface area contributed by atoms with E-state index in [1.807, 2.05) is 0 Å². The van der Waals surface area contributed by atoms with E-state index in [4.69, 9.17) is 4.74 Å². The molecule has 2 aliphatic rings. The topological polar surface area (TPSA) is 46.5 Å². The minimum absolute atomic E-state index is 0.0764. The van der Waals surface area contributed by atoms with Gasteiger partial charge < -0.3 is 9.84 Å². The van der Waals surface area contributed by atoms with Gasteiger partial charge in [0, 0.05) is 19.4 Å². The van der Waals surface area contributed by atoms with Gasteiger partial charge in [-0.25, -0.2) is 0 Å². The summed E-state index contributed by atoms with van der Waals surface area (Å²) in [5, 5.41) is 10.7. The van der Waals surface area contributed by atoms with Crippen molar-refractivity contribution >= 4 is 11.4 Å². The molecule has 1 aliphatic carbocycles. The van der Waals surface area contributed by atoms with E-state index >= 15 is 0 Å². The first-order valence-corrected chi connectivity index (χ1v) is 9.24. The van der Waals surface area contributed by atoms with E-state index in [1.165, 1.54) is 5.56 Å². The predicted molar refractivity (Wildman–Crippen MR) is 96.2 cm³/mol. The minimum atomic E-state index is 0.0764. The number of aryl methyl sites for hydroxylation is 3. The largest absolute Gasteiger partial charge is 0.512 e. The van der Waals surface area contributed by atoms with Crippen molar-refractivity contribution in [1.82, 2.24) is 0 Å². The van der Waals surface area contributed by atoms with Gasteiger partial charge >= 0.3 is 0 Å². The maximum Gasteiger partial charge on any atom is 0.167 e. The normalized spacial score (nSPS) is 24.7. The Morgan fingerprint density at radius 1 is 1.17 bits per heavy atom. The quantitative estimate of drug-likeness (QED) is 0.882. The molecule has 1 aliphatic heterocycles. The second-order valence-corrected chi connectivity index (χ2v) is 7.13. The van der Waals surface area contributed by atoms with E-state index in [9.17, 15) is 9.90 Å². The Labute approximate surface area is 144 Å². The van der Waals surface area contributed by atoms with Crippen molar-refractivity contribution in [2.75, 3.05) is 6.61 Å². The molecule has 3 heteroatoms. The molecule has 0 radical (unpaired) electrons. The zero-order valence-corrected chi connectivity index (χ0v) is 15.0. The number of carbonyl (C=O) groups excluding carboxylic acids is 1. The van der Waals surface area contributed by atoms with Crippen molar-refractivity contribution < 1.29 is 14.6 Å². The fourth-order valence-electron chi connectivity index (χ4n) is 4.27. The number of rotatable bonds is 4. The Balaban J connectivity index is 2.02. The average molecular weight is 328 g/mol. The number of aliphatic hydroxyl groups is 1. The van der Waals surface area contributed by atoms with Gasteiger partial charge in [-0.3, -0.25) is 4.79 Å². The zero-order valence-electron chi connectivity index (χ0n) is 15.0. The number of ketones is 1. The zero-order chi connectivity index (χ0) is 17.3. The van der Waals surface area contributed by atoms with Gasteiger partial charge in [0.25, 0.3) is 0 Å². The van der Waals surface area contributed by atoms with Crippen molar-refractivity contribution in [3.8, 4) is 0 Å². The summed E-state index contributed by atoms with van der Waals surface area (Å²) in [6.07, 6.45) is 4.98. The maximum atomic E-state index is 12.9. The standard InChI is InChI=1S/C21H28O3/c1-4-14-9-13(3)10-15(5-2)20(14)21-17(22)11-16(12-18(21)23)19-7-6-8-24-19/h9-10,16,19,22H,4-8,11-12H2,1-3H3. The summed E-state index contributed by atoms with van der Waals surface area (Å²) in [5.41, 5.74) is 5.10. The van der Waals surface area contributed by atoms with E-state index < -0.39 is 0 Å². The number of benzene rings is 1. The van der Waals surface area contributed by atoms with Crippen molar-refractivity contribution in [2.45, 2.75) is 65.4 Å². The van der Waals surface area contributed by atoms with E-state index in [-0.39, 0.29) is 23.6 Å². The van der Waals surface area contributed by atoms with Crippen LogP contribution >= 0.6 is 0 Å². The van der Waals surface area contributed by atoms with E-state index in [0.29, 0.717) is 18.4 Å². The van der Waals surface area contributed by atoms with E-state index in [0.717, 1.165) is 49.0 Å². The highest BCUT2D eigenvalue weighted by Gasteiger charge is 2.36. The van der Waals surface area contributed by atoms with Gasteiger partial charge in [0.15, 0.2) is 5.78 Å². The molecule has 1 N–H and O–H groups in total. The van der Waals surface area contributed by atoms with Crippen LogP contribution in [-0.4, -0.2) is 23.6 Å². The lowest BCUT2D eigenvalue weighted by Crippen LogP contribution is -2.28. The molecule has 1 aromatic rings. The molecule has 3 rings (SSSR count). The van der Waals surface area contributed by atoms with Crippen molar-refractivity contribution in [3.05, 3.63) is 40.1 Å². The van der Waals surface area contributed by atoms with Crippen LogP contribution < -0.4 is 0 Å². The summed E-state index contributed by atoms with van der Waals surface area (Å²) >= 11 is 0. The molecule has 130 valence electrons. The average Bonchev–Trinajstić information content (AvgIpc) is 3.09. The molecule has 0 aromatic heterocycles. The Morgan fingerprint density at radius 3 is 2.33 bits per heavy atom. The molecular weight excluding hydrogens is 300 g/mol. The smallest absolute Gasteiger partial charge is 0.167 e. The molecule has 2 unspecified atom stereocenters. The highest BCUT2D eigenvalue weighted by Crippen LogP contribution is 2.39. The molecule has 0 amide bonds. The molecular formula is C21H28O3. The minimum Gasteiger partial charge on any atom is -0.512 e. The van der Waals surface area contributed by atoms with Gasteiger partial charge in [0.05, 0.1) is 11.7 Å². The fourth-order valence-corrected chi connectivity index (χ4v) is 4.27. The highest BCUT2D eigenvalue weighted by atomic mass is 16.5. The molecule has 2 atom stereocenters. The summed E-state index contributed by atoms with van der Waals surface area (Å²) in [5.74, 6) is 0.469. The van der Waals surface area contributed by atoms with Gasteiger partial charge in [-0.2, -0.15) is 0 Å². The van der Waals surface area contributed by atoms with Crippen molar-refractivity contribution in [3.63, 3.8) is 0 Å². The van der Waals surface area contributed by atoms with Crippen LogP contribution in [0.15, 0.2) is 17.9 Å². The van der Waals surface area contributed by atoms with Gasteiger partial charge in [-0.15, -0.1) is 0 Å². The number of hydrogen-bond donors (Lipinski definition) is 1. The Morgan fingerprint density at radius 2 is 1.83 bits per heavy atom. The van der Waals surface area contributed by atoms with Crippen molar-refractivity contribution in [1.29, 1.82) is 0 Å². The van der Waals surface area contributed by atoms with Gasteiger partial charge in [0.2, 0.25) is 0 Å². The summed E-state index contributed by atoms with van der Waals surface area (Å²) in [6.45, 7) is 7.09. The summed E-state index contributed by atoms with van der Waals surface area (Å²) in [6, 6.07) is 4.29. The SMILES string of the molecule is CCc1cc(C)cc(CC)c1C1=C(O)CC(C2CCCO2)CC1=O. The molecule has 0 saturated carbocycles. The van der Waals surface area contributed by atoms with Crippen LogP contribution in [0, 0.1) is 12.8 Å². The Hall–Kier alpha value is -1.61. The molecule has 1 aromatic carbocycles. The Bertz CT molecular complexity index is 641. The third kappa shape index (κ3) is 3.14. The number of ether oxygens (including phenoxy) is 1. The highest BCUT2D eigenvalue weighted by molar-refractivity contribution is 6.22. The fraction of sp³-hybridized carbons (Fsp3) is 0.571. The molecule has 24 heavy (non-hydrogen) atoms. The second kappa shape index (κ2) is 7.10. The molecule has 1 fully saturated rings. The lowest BCUT2D eigenvalue weighted by Gasteiger charge is -2.29. The summed E-state index contributed by atoms with van der Waals surface area (Å²) < 4.78 is 5.75. The van der Waals surface area contributed by atoms with E-state index in [1.54, 1.807) is 0 Å². The second-order valence-electron chi connectivity index (χ2n) is 7.13. The number of hydrogen-bond acceptors (Lipinski definition) is 3. The number of aliphatic hydroxyl groups excluding tert-OH is 1. The maximum absolute atomic E-state index is 12.9. The lowest BCUT2D eigenvalue weighted by atomic mass is 9.78. The summed E-state index contributed by atoms with van der Waals surface area (Å²) in [7, 11) is 0. The first-order chi connectivity index (χ1) is 11.5. The third-order valence-electron chi connectivity index (χ3n) is 5.42. The number of carbonyl (C=O) groups is 1. The van der Waals surface area contributed by atoms with Crippen LogP contribution in [0.4, 0.5) is 0 Å². The molecule has 1 saturated heterocycles. The van der Waals surface area contributed by atoms with Gasteiger partial charge in [0.1, 0.15) is 5.76 Å². The lowest BCUT2D eigenvalue weighted by molar-refractivity contribution is -0.116. The van der Waals surface area contributed by atoms with Crippen molar-refractivity contribution in [2.24, 2.45) is 5.92 Å². The molecule has 0 bridgehead atoms. The summed E-state index contributed by atoms with van der Waals surface area (Å²) in [4.78, 5) is 12.9. The number of allylic oxidation sites excluding steroid dienone is 2. The van der Waals surface area contributed by atoms with Crippen LogP contribution in [0.1, 0.15) is 61.8 Å². The Kier molecular flexibility index (Phi) is 5.09. The molecule has 3 nitrogen and oxygen atoms in total. The monoisotopic (exact) mass is 328 g/mol. The van der Waals surface area contributed by atoms with Gasteiger partial charge in [-0.05, 0) is 55.2 Å². The third-order valence-corrected chi connectivity index (χ3v) is 5.42. The van der Waals surface area contributed by atoms with Crippen LogP contribution in [0.3, 0.4) is 0 Å². The van der Waals surface area contributed by atoms with Crippen LogP contribution in [0.2, 0.25) is 0 Å². The predicted octanol–water partition coefficient (Wildman–Crippen LogP) is 4.55.